The van der Waals surface area contributed by atoms with Gasteiger partial charge in [0.15, 0.2) is 6.29 Å². The molecule has 2 heterocycles. The third-order valence-corrected chi connectivity index (χ3v) is 6.18. The van der Waals surface area contributed by atoms with Crippen LogP contribution in [0.1, 0.15) is 45.4 Å². The Kier molecular flexibility index (Phi) is 4.65. The van der Waals surface area contributed by atoms with Crippen molar-refractivity contribution < 1.29 is 28.8 Å². The van der Waals surface area contributed by atoms with E-state index in [1.165, 1.54) is 0 Å². The van der Waals surface area contributed by atoms with Crippen LogP contribution in [0, 0.1) is 11.3 Å². The van der Waals surface area contributed by atoms with E-state index in [4.69, 9.17) is 18.9 Å². The summed E-state index contributed by atoms with van der Waals surface area (Å²) in [6, 6.07) is 0. The number of ether oxygens (including phenoxy) is 4. The minimum absolute atomic E-state index is 0.154. The SMILES string of the molecule is C=C(C)C(=O)OC1CC2(CCC1O)COC(C1CCC3OC3C1)OC2. The van der Waals surface area contributed by atoms with Gasteiger partial charge in [-0.05, 0) is 45.4 Å². The van der Waals surface area contributed by atoms with Gasteiger partial charge in [0, 0.05) is 16.9 Å². The highest BCUT2D eigenvalue weighted by atomic mass is 16.7. The summed E-state index contributed by atoms with van der Waals surface area (Å²) in [6.45, 7) is 6.41. The van der Waals surface area contributed by atoms with Gasteiger partial charge in [0.2, 0.25) is 0 Å². The van der Waals surface area contributed by atoms with E-state index in [0.717, 1.165) is 25.7 Å². The van der Waals surface area contributed by atoms with Crippen LogP contribution in [-0.4, -0.2) is 55.0 Å². The summed E-state index contributed by atoms with van der Waals surface area (Å²) in [5, 5.41) is 10.2. The van der Waals surface area contributed by atoms with Gasteiger partial charge in [-0.2, -0.15) is 0 Å². The number of aliphatic hydroxyl groups excluding tert-OH is 1. The molecule has 0 aromatic carbocycles. The Balaban J connectivity index is 1.33. The van der Waals surface area contributed by atoms with Crippen LogP contribution in [0.3, 0.4) is 0 Å². The zero-order valence-electron chi connectivity index (χ0n) is 14.8. The van der Waals surface area contributed by atoms with Gasteiger partial charge < -0.3 is 24.1 Å². The summed E-state index contributed by atoms with van der Waals surface area (Å²) >= 11 is 0. The third kappa shape index (κ3) is 3.63. The van der Waals surface area contributed by atoms with Gasteiger partial charge in [-0.3, -0.25) is 0 Å². The maximum absolute atomic E-state index is 11.8. The second-order valence-corrected chi connectivity index (χ2v) is 8.31. The molecule has 0 bridgehead atoms. The molecule has 2 aliphatic carbocycles. The Labute approximate surface area is 148 Å². The van der Waals surface area contributed by atoms with E-state index < -0.39 is 18.2 Å². The zero-order chi connectivity index (χ0) is 17.6. The third-order valence-electron chi connectivity index (χ3n) is 6.18. The fraction of sp³-hybridized carbons (Fsp3) is 0.842. The second-order valence-electron chi connectivity index (χ2n) is 8.31. The number of aliphatic hydroxyl groups is 1. The van der Waals surface area contributed by atoms with Crippen LogP contribution in [0.25, 0.3) is 0 Å². The Morgan fingerprint density at radius 3 is 2.64 bits per heavy atom. The first-order chi connectivity index (χ1) is 12.0. The first-order valence-electron chi connectivity index (χ1n) is 9.39. The molecule has 2 aliphatic heterocycles. The van der Waals surface area contributed by atoms with Gasteiger partial charge in [-0.15, -0.1) is 0 Å². The van der Waals surface area contributed by atoms with Crippen molar-refractivity contribution in [3.8, 4) is 0 Å². The van der Waals surface area contributed by atoms with E-state index in [0.29, 0.717) is 49.8 Å². The molecule has 5 atom stereocenters. The minimum atomic E-state index is -0.631. The van der Waals surface area contributed by atoms with Crippen molar-refractivity contribution in [3.63, 3.8) is 0 Å². The molecule has 0 amide bonds. The van der Waals surface area contributed by atoms with E-state index in [1.807, 2.05) is 0 Å². The molecular formula is C19H28O6. The lowest BCUT2D eigenvalue weighted by Gasteiger charge is -2.47. The molecule has 6 heteroatoms. The molecule has 4 rings (SSSR count). The van der Waals surface area contributed by atoms with Crippen LogP contribution < -0.4 is 0 Å². The van der Waals surface area contributed by atoms with Gasteiger partial charge in [0.05, 0.1) is 31.5 Å². The normalized spacial score (nSPS) is 46.3. The van der Waals surface area contributed by atoms with Gasteiger partial charge in [-0.1, -0.05) is 6.58 Å². The lowest BCUT2D eigenvalue weighted by atomic mass is 9.72. The van der Waals surface area contributed by atoms with Crippen LogP contribution in [-0.2, 0) is 23.7 Å². The molecule has 0 aromatic heterocycles. The topological polar surface area (TPSA) is 77.5 Å². The average Bonchev–Trinajstić information content (AvgIpc) is 3.37. The summed E-state index contributed by atoms with van der Waals surface area (Å²) in [4.78, 5) is 11.8. The summed E-state index contributed by atoms with van der Waals surface area (Å²) in [5.74, 6) is -0.0369. The first-order valence-corrected chi connectivity index (χ1v) is 9.39. The molecule has 2 saturated heterocycles. The van der Waals surface area contributed by atoms with Gasteiger partial charge in [-0.25, -0.2) is 4.79 Å². The largest absolute Gasteiger partial charge is 0.456 e. The van der Waals surface area contributed by atoms with E-state index in [9.17, 15) is 9.90 Å². The van der Waals surface area contributed by atoms with E-state index in [2.05, 4.69) is 6.58 Å². The van der Waals surface area contributed by atoms with Crippen molar-refractivity contribution in [2.45, 2.75) is 76.2 Å². The summed E-state index contributed by atoms with van der Waals surface area (Å²) in [7, 11) is 0. The Morgan fingerprint density at radius 2 is 1.96 bits per heavy atom. The number of hydrogen-bond acceptors (Lipinski definition) is 6. The monoisotopic (exact) mass is 352 g/mol. The standard InChI is InChI=1S/C19H28O6/c1-11(2)17(21)25-16-8-19(6-5-13(16)20)9-22-18(23-10-19)12-3-4-14-15(7-12)24-14/h12-16,18,20H,1,3-10H2,2H3. The highest BCUT2D eigenvalue weighted by Gasteiger charge is 2.50. The van der Waals surface area contributed by atoms with Crippen molar-refractivity contribution in [3.05, 3.63) is 12.2 Å². The molecule has 0 radical (unpaired) electrons. The molecule has 4 fully saturated rings. The van der Waals surface area contributed by atoms with Gasteiger partial charge in [0.25, 0.3) is 0 Å². The summed E-state index contributed by atoms with van der Waals surface area (Å²) in [6.07, 6.45) is 4.80. The Hall–Kier alpha value is -0.950. The quantitative estimate of drug-likeness (QED) is 0.475. The molecule has 25 heavy (non-hydrogen) atoms. The van der Waals surface area contributed by atoms with Crippen LogP contribution in [0.15, 0.2) is 12.2 Å². The van der Waals surface area contributed by atoms with Crippen LogP contribution in [0.5, 0.6) is 0 Å². The van der Waals surface area contributed by atoms with Crippen molar-refractivity contribution >= 4 is 5.97 Å². The molecule has 1 N–H and O–H groups in total. The van der Waals surface area contributed by atoms with E-state index in [-0.39, 0.29) is 11.7 Å². The smallest absolute Gasteiger partial charge is 0.333 e. The van der Waals surface area contributed by atoms with E-state index >= 15 is 0 Å². The summed E-state index contributed by atoms with van der Waals surface area (Å²) in [5.41, 5.74) is 0.171. The van der Waals surface area contributed by atoms with Crippen LogP contribution in [0.2, 0.25) is 0 Å². The Morgan fingerprint density at radius 1 is 1.20 bits per heavy atom. The fourth-order valence-electron chi connectivity index (χ4n) is 4.49. The fourth-order valence-corrected chi connectivity index (χ4v) is 4.49. The number of rotatable bonds is 3. The molecule has 0 aromatic rings. The van der Waals surface area contributed by atoms with Gasteiger partial charge in [0.1, 0.15) is 6.10 Å². The molecule has 140 valence electrons. The molecule has 6 nitrogen and oxygen atoms in total. The number of epoxide rings is 1. The van der Waals surface area contributed by atoms with Crippen LogP contribution in [0.4, 0.5) is 0 Å². The van der Waals surface area contributed by atoms with E-state index in [1.54, 1.807) is 6.92 Å². The van der Waals surface area contributed by atoms with Crippen molar-refractivity contribution in [1.82, 2.24) is 0 Å². The molecule has 4 aliphatic rings. The highest BCUT2D eigenvalue weighted by Crippen LogP contribution is 2.45. The van der Waals surface area contributed by atoms with Crippen molar-refractivity contribution in [2.24, 2.45) is 11.3 Å². The molecule has 1 spiro atoms. The zero-order valence-corrected chi connectivity index (χ0v) is 14.8. The molecule has 5 unspecified atom stereocenters. The highest BCUT2D eigenvalue weighted by molar-refractivity contribution is 5.87. The summed E-state index contributed by atoms with van der Waals surface area (Å²) < 4.78 is 23.2. The number of fused-ring (bicyclic) bond motifs is 1. The number of carbonyl (C=O) groups is 1. The van der Waals surface area contributed by atoms with Crippen molar-refractivity contribution in [2.75, 3.05) is 13.2 Å². The molecule has 2 saturated carbocycles. The first kappa shape index (κ1) is 17.5. The number of hydrogen-bond donors (Lipinski definition) is 1. The second kappa shape index (κ2) is 6.65. The number of esters is 1. The van der Waals surface area contributed by atoms with Crippen molar-refractivity contribution in [1.29, 1.82) is 0 Å². The minimum Gasteiger partial charge on any atom is -0.456 e. The predicted octanol–water partition coefficient (Wildman–Crippen LogP) is 1.95. The molecular weight excluding hydrogens is 324 g/mol. The maximum Gasteiger partial charge on any atom is 0.333 e. The van der Waals surface area contributed by atoms with Crippen LogP contribution >= 0.6 is 0 Å². The lowest BCUT2D eigenvalue weighted by molar-refractivity contribution is -0.267. The number of carbonyl (C=O) groups excluding carboxylic acids is 1. The lowest BCUT2D eigenvalue weighted by Crippen LogP contribution is -2.51. The average molecular weight is 352 g/mol. The Bertz CT molecular complexity index is 538. The predicted molar refractivity (Wildman–Crippen MR) is 88.7 cm³/mol. The maximum atomic E-state index is 11.8. The van der Waals surface area contributed by atoms with Gasteiger partial charge >= 0.3 is 5.97 Å².